The number of benzene rings is 1. The van der Waals surface area contributed by atoms with Crippen LogP contribution in [0, 0.1) is 5.92 Å². The molecule has 2 unspecified atom stereocenters. The van der Waals surface area contributed by atoms with Crippen molar-refractivity contribution in [2.45, 2.75) is 38.1 Å². The summed E-state index contributed by atoms with van der Waals surface area (Å²) in [6, 6.07) is 4.98. The zero-order valence-corrected chi connectivity index (χ0v) is 15.0. The third-order valence-electron chi connectivity index (χ3n) is 5.71. The molecule has 27 heavy (non-hydrogen) atoms. The lowest BCUT2D eigenvalue weighted by Gasteiger charge is -2.31. The lowest BCUT2D eigenvalue weighted by molar-refractivity contribution is -0.136. The highest BCUT2D eigenvalue weighted by molar-refractivity contribution is 6.05. The minimum Gasteiger partial charge on any atom is -0.391 e. The Morgan fingerprint density at radius 3 is 2.78 bits per heavy atom. The van der Waals surface area contributed by atoms with Crippen molar-refractivity contribution >= 4 is 17.7 Å². The van der Waals surface area contributed by atoms with Gasteiger partial charge in [-0.25, -0.2) is 0 Å². The molecule has 3 aliphatic rings. The predicted octanol–water partition coefficient (Wildman–Crippen LogP) is -0.882. The summed E-state index contributed by atoms with van der Waals surface area (Å²) in [6.07, 6.45) is 0.225. The highest BCUT2D eigenvalue weighted by Crippen LogP contribution is 2.29. The number of carbonyl (C=O) groups is 3. The van der Waals surface area contributed by atoms with E-state index in [0.717, 1.165) is 24.2 Å². The standard InChI is InChI=1S/C19H24N4O4/c24-16(12-7-20-8-12)9-21-6-11-2-1-3-13-14(11)10-23(19(13)27)15-4-5-17(25)22-18(15)26/h1-3,12,15-16,20-21,24H,4-10H2,(H,22,25,26). The topological polar surface area (TPSA) is 111 Å². The van der Waals surface area contributed by atoms with Gasteiger partial charge in [-0.3, -0.25) is 19.7 Å². The molecule has 8 heteroatoms. The van der Waals surface area contributed by atoms with Crippen molar-refractivity contribution in [2.24, 2.45) is 5.92 Å². The number of hydrogen-bond acceptors (Lipinski definition) is 6. The SMILES string of the molecule is O=C1CCC(N2Cc3c(CNCC(O)C4CNC4)cccc3C2=O)C(=O)N1. The second-order valence-electron chi connectivity index (χ2n) is 7.46. The van der Waals surface area contributed by atoms with E-state index in [0.29, 0.717) is 37.5 Å². The van der Waals surface area contributed by atoms with Crippen molar-refractivity contribution in [2.75, 3.05) is 19.6 Å². The highest BCUT2D eigenvalue weighted by Gasteiger charge is 2.39. The Labute approximate surface area is 157 Å². The van der Waals surface area contributed by atoms with Crippen molar-refractivity contribution < 1.29 is 19.5 Å². The van der Waals surface area contributed by atoms with Crippen molar-refractivity contribution in [3.63, 3.8) is 0 Å². The highest BCUT2D eigenvalue weighted by atomic mass is 16.3. The maximum atomic E-state index is 12.8. The molecular weight excluding hydrogens is 348 g/mol. The second-order valence-corrected chi connectivity index (χ2v) is 7.46. The molecule has 0 bridgehead atoms. The number of nitrogens with one attached hydrogen (secondary N) is 3. The molecule has 0 aromatic heterocycles. The molecule has 0 saturated carbocycles. The predicted molar refractivity (Wildman–Crippen MR) is 96.6 cm³/mol. The van der Waals surface area contributed by atoms with Crippen molar-refractivity contribution in [1.29, 1.82) is 0 Å². The fourth-order valence-corrected chi connectivity index (χ4v) is 3.92. The minimum atomic E-state index is -0.601. The van der Waals surface area contributed by atoms with Gasteiger partial charge in [0.25, 0.3) is 5.91 Å². The second kappa shape index (κ2) is 7.38. The first kappa shape index (κ1) is 18.1. The van der Waals surface area contributed by atoms with Crippen LogP contribution in [-0.2, 0) is 22.7 Å². The van der Waals surface area contributed by atoms with E-state index in [-0.39, 0.29) is 24.3 Å². The third-order valence-corrected chi connectivity index (χ3v) is 5.71. The monoisotopic (exact) mass is 372 g/mol. The average molecular weight is 372 g/mol. The molecule has 2 atom stereocenters. The summed E-state index contributed by atoms with van der Waals surface area (Å²) >= 11 is 0. The lowest BCUT2D eigenvalue weighted by Crippen LogP contribution is -2.52. The molecule has 3 aliphatic heterocycles. The van der Waals surface area contributed by atoms with E-state index in [1.807, 2.05) is 12.1 Å². The van der Waals surface area contributed by atoms with E-state index in [1.165, 1.54) is 0 Å². The molecule has 8 nitrogen and oxygen atoms in total. The van der Waals surface area contributed by atoms with Gasteiger partial charge in [-0.2, -0.15) is 0 Å². The zero-order chi connectivity index (χ0) is 19.0. The molecule has 144 valence electrons. The maximum absolute atomic E-state index is 12.8. The van der Waals surface area contributed by atoms with Crippen LogP contribution in [0.1, 0.15) is 34.3 Å². The maximum Gasteiger partial charge on any atom is 0.255 e. The van der Waals surface area contributed by atoms with Crippen LogP contribution in [0.2, 0.25) is 0 Å². The Hall–Kier alpha value is -2.29. The van der Waals surface area contributed by atoms with Gasteiger partial charge < -0.3 is 20.6 Å². The summed E-state index contributed by atoms with van der Waals surface area (Å²) < 4.78 is 0. The molecule has 0 aliphatic carbocycles. The molecule has 3 amide bonds. The number of carbonyl (C=O) groups excluding carboxylic acids is 3. The number of rotatable bonds is 6. The van der Waals surface area contributed by atoms with Gasteiger partial charge in [-0.1, -0.05) is 12.1 Å². The number of aliphatic hydroxyl groups excluding tert-OH is 1. The third kappa shape index (κ3) is 3.47. The van der Waals surface area contributed by atoms with Crippen LogP contribution < -0.4 is 16.0 Å². The first-order valence-corrected chi connectivity index (χ1v) is 9.39. The van der Waals surface area contributed by atoms with Crippen LogP contribution in [0.5, 0.6) is 0 Å². The summed E-state index contributed by atoms with van der Waals surface area (Å²) in [7, 11) is 0. The van der Waals surface area contributed by atoms with Crippen LogP contribution in [0.15, 0.2) is 18.2 Å². The van der Waals surface area contributed by atoms with Crippen LogP contribution >= 0.6 is 0 Å². The van der Waals surface area contributed by atoms with Crippen LogP contribution in [0.3, 0.4) is 0 Å². The molecular formula is C19H24N4O4. The van der Waals surface area contributed by atoms with Crippen molar-refractivity contribution in [1.82, 2.24) is 20.9 Å². The van der Waals surface area contributed by atoms with E-state index in [2.05, 4.69) is 16.0 Å². The largest absolute Gasteiger partial charge is 0.391 e. The Morgan fingerprint density at radius 1 is 1.26 bits per heavy atom. The van der Waals surface area contributed by atoms with Crippen molar-refractivity contribution in [3.8, 4) is 0 Å². The van der Waals surface area contributed by atoms with Gasteiger partial charge in [-0.05, 0) is 23.6 Å². The first-order chi connectivity index (χ1) is 13.0. The van der Waals surface area contributed by atoms with Gasteiger partial charge in [0.05, 0.1) is 6.10 Å². The first-order valence-electron chi connectivity index (χ1n) is 9.39. The van der Waals surface area contributed by atoms with Gasteiger partial charge in [0.1, 0.15) is 6.04 Å². The van der Waals surface area contributed by atoms with Gasteiger partial charge in [-0.15, -0.1) is 0 Å². The lowest BCUT2D eigenvalue weighted by atomic mass is 9.96. The summed E-state index contributed by atoms with van der Waals surface area (Å²) in [6.45, 7) is 3.11. The summed E-state index contributed by atoms with van der Waals surface area (Å²) in [5, 5.41) is 18.8. The molecule has 2 saturated heterocycles. The smallest absolute Gasteiger partial charge is 0.255 e. The van der Waals surface area contributed by atoms with Gasteiger partial charge in [0, 0.05) is 50.6 Å². The molecule has 0 spiro atoms. The number of nitrogens with zero attached hydrogens (tertiary/aromatic N) is 1. The Kier molecular flexibility index (Phi) is 4.94. The van der Waals surface area contributed by atoms with Crippen LogP contribution in [-0.4, -0.2) is 59.5 Å². The molecule has 2 fully saturated rings. The molecule has 1 aromatic carbocycles. The Morgan fingerprint density at radius 2 is 2.07 bits per heavy atom. The fraction of sp³-hybridized carbons (Fsp3) is 0.526. The van der Waals surface area contributed by atoms with E-state index in [9.17, 15) is 19.5 Å². The summed E-state index contributed by atoms with van der Waals surface area (Å²) in [4.78, 5) is 37.9. The number of imide groups is 1. The van der Waals surface area contributed by atoms with E-state index < -0.39 is 11.9 Å². The number of piperidine rings is 1. The minimum absolute atomic E-state index is 0.165. The normalized spacial score (nSPS) is 23.8. The number of amides is 3. The average Bonchev–Trinajstić information content (AvgIpc) is 2.91. The van der Waals surface area contributed by atoms with Crippen LogP contribution in [0.4, 0.5) is 0 Å². The zero-order valence-electron chi connectivity index (χ0n) is 15.0. The molecule has 3 heterocycles. The Bertz CT molecular complexity index is 777. The van der Waals surface area contributed by atoms with Gasteiger partial charge >= 0.3 is 0 Å². The number of fused-ring (bicyclic) bond motifs is 1. The van der Waals surface area contributed by atoms with E-state index in [1.54, 1.807) is 11.0 Å². The Balaban J connectivity index is 1.42. The quantitative estimate of drug-likeness (QED) is 0.483. The van der Waals surface area contributed by atoms with E-state index in [4.69, 9.17) is 0 Å². The molecule has 4 N–H and O–H groups in total. The van der Waals surface area contributed by atoms with Gasteiger partial charge in [0.2, 0.25) is 11.8 Å². The summed E-state index contributed by atoms with van der Waals surface area (Å²) in [5.74, 6) is -0.555. The van der Waals surface area contributed by atoms with Gasteiger partial charge in [0.15, 0.2) is 0 Å². The van der Waals surface area contributed by atoms with Crippen molar-refractivity contribution in [3.05, 3.63) is 34.9 Å². The number of hydrogen-bond donors (Lipinski definition) is 4. The van der Waals surface area contributed by atoms with E-state index >= 15 is 0 Å². The number of aliphatic hydroxyl groups is 1. The van der Waals surface area contributed by atoms with Crippen LogP contribution in [0.25, 0.3) is 0 Å². The molecule has 0 radical (unpaired) electrons. The fourth-order valence-electron chi connectivity index (χ4n) is 3.92. The molecule has 1 aromatic rings. The molecule has 4 rings (SSSR count). The summed E-state index contributed by atoms with van der Waals surface area (Å²) in [5.41, 5.74) is 2.52.